The van der Waals surface area contributed by atoms with Gasteiger partial charge in [-0.15, -0.1) is 11.8 Å². The van der Waals surface area contributed by atoms with Crippen LogP contribution < -0.4 is 11.1 Å². The maximum atomic E-state index is 11.7. The quantitative estimate of drug-likeness (QED) is 0.829. The van der Waals surface area contributed by atoms with Gasteiger partial charge in [0, 0.05) is 27.8 Å². The van der Waals surface area contributed by atoms with E-state index in [2.05, 4.69) is 32.2 Å². The molecule has 0 aliphatic carbocycles. The summed E-state index contributed by atoms with van der Waals surface area (Å²) >= 11 is 1.82. The lowest BCUT2D eigenvalue weighted by Gasteiger charge is -2.18. The highest BCUT2D eigenvalue weighted by atomic mass is 32.2. The maximum absolute atomic E-state index is 11.7. The van der Waals surface area contributed by atoms with E-state index >= 15 is 0 Å². The van der Waals surface area contributed by atoms with Crippen molar-refractivity contribution in [3.63, 3.8) is 0 Å². The zero-order valence-electron chi connectivity index (χ0n) is 12.4. The molecule has 106 valence electrons. The first kappa shape index (κ1) is 16.1. The Morgan fingerprint density at radius 2 is 2.05 bits per heavy atom. The molecule has 0 fully saturated rings. The highest BCUT2D eigenvalue weighted by Crippen LogP contribution is 2.33. The van der Waals surface area contributed by atoms with E-state index < -0.39 is 0 Å². The van der Waals surface area contributed by atoms with Crippen LogP contribution in [-0.4, -0.2) is 16.7 Å². The zero-order valence-corrected chi connectivity index (χ0v) is 13.2. The van der Waals surface area contributed by atoms with Crippen LogP contribution >= 0.6 is 11.8 Å². The smallest absolute Gasteiger partial charge is 0.225 e. The van der Waals surface area contributed by atoms with E-state index in [-0.39, 0.29) is 16.7 Å². The van der Waals surface area contributed by atoms with E-state index in [9.17, 15) is 4.79 Å². The third-order valence-electron chi connectivity index (χ3n) is 2.40. The summed E-state index contributed by atoms with van der Waals surface area (Å²) in [5, 5.41) is 2.90. The van der Waals surface area contributed by atoms with E-state index in [0.717, 1.165) is 11.3 Å². The Balaban J connectivity index is 2.75. The minimum absolute atomic E-state index is 0.0330. The molecule has 1 amide bonds. The number of nitrogens with two attached hydrogens (primary N) is 1. The average Bonchev–Trinajstić information content (AvgIpc) is 2.18. The monoisotopic (exact) mass is 280 g/mol. The van der Waals surface area contributed by atoms with Crippen LogP contribution in [0.15, 0.2) is 23.1 Å². The van der Waals surface area contributed by atoms with Crippen molar-refractivity contribution in [3.8, 4) is 0 Å². The van der Waals surface area contributed by atoms with Gasteiger partial charge >= 0.3 is 0 Å². The standard InChI is InChI=1S/C15H24N2OS/c1-10-8-12(19-15(3,4)5)6-7-13(10)17-14(18)9-11(2)16/h6-8,11H,9,16H2,1-5H3,(H,17,18). The number of aryl methyl sites for hydroxylation is 1. The summed E-state index contributed by atoms with van der Waals surface area (Å²) in [5.41, 5.74) is 7.56. The van der Waals surface area contributed by atoms with Crippen molar-refractivity contribution in [3.05, 3.63) is 23.8 Å². The first-order chi connectivity index (χ1) is 8.67. The number of benzene rings is 1. The topological polar surface area (TPSA) is 55.1 Å². The lowest BCUT2D eigenvalue weighted by atomic mass is 10.2. The van der Waals surface area contributed by atoms with Crippen LogP contribution in [0.5, 0.6) is 0 Å². The van der Waals surface area contributed by atoms with Gasteiger partial charge in [-0.05, 0) is 37.6 Å². The van der Waals surface area contributed by atoms with E-state index in [4.69, 9.17) is 5.73 Å². The first-order valence-electron chi connectivity index (χ1n) is 6.52. The van der Waals surface area contributed by atoms with Crippen LogP contribution in [0, 0.1) is 6.92 Å². The molecule has 0 saturated carbocycles. The van der Waals surface area contributed by atoms with Crippen molar-refractivity contribution < 1.29 is 4.79 Å². The molecular formula is C15H24N2OS. The van der Waals surface area contributed by atoms with E-state index in [0.29, 0.717) is 6.42 Å². The van der Waals surface area contributed by atoms with Crippen molar-refractivity contribution in [2.45, 2.75) is 56.7 Å². The molecule has 1 aromatic carbocycles. The lowest BCUT2D eigenvalue weighted by Crippen LogP contribution is -2.24. The Bertz CT molecular complexity index is 450. The first-order valence-corrected chi connectivity index (χ1v) is 7.34. The summed E-state index contributed by atoms with van der Waals surface area (Å²) in [6.45, 7) is 10.4. The Morgan fingerprint density at radius 3 is 2.53 bits per heavy atom. The molecule has 1 atom stereocenters. The van der Waals surface area contributed by atoms with Gasteiger partial charge in [-0.2, -0.15) is 0 Å². The molecule has 1 rings (SSSR count). The average molecular weight is 280 g/mol. The van der Waals surface area contributed by atoms with Crippen molar-refractivity contribution in [2.75, 3.05) is 5.32 Å². The Kier molecular flexibility index (Phi) is 5.44. The van der Waals surface area contributed by atoms with Crippen molar-refractivity contribution in [1.29, 1.82) is 0 Å². The second-order valence-corrected chi connectivity index (χ2v) is 7.82. The fraction of sp³-hybridized carbons (Fsp3) is 0.533. The summed E-state index contributed by atoms with van der Waals surface area (Å²) < 4.78 is 0.187. The Morgan fingerprint density at radius 1 is 1.42 bits per heavy atom. The molecule has 0 radical (unpaired) electrons. The Labute approximate surface area is 120 Å². The van der Waals surface area contributed by atoms with Gasteiger partial charge < -0.3 is 11.1 Å². The molecule has 0 spiro atoms. The number of thioether (sulfide) groups is 1. The van der Waals surface area contributed by atoms with Crippen LogP contribution in [0.1, 0.15) is 39.7 Å². The molecule has 0 heterocycles. The number of hydrogen-bond donors (Lipinski definition) is 2. The van der Waals surface area contributed by atoms with Gasteiger partial charge in [0.15, 0.2) is 0 Å². The molecule has 0 aliphatic heterocycles. The lowest BCUT2D eigenvalue weighted by molar-refractivity contribution is -0.116. The fourth-order valence-corrected chi connectivity index (χ4v) is 2.77. The highest BCUT2D eigenvalue weighted by Gasteiger charge is 2.13. The van der Waals surface area contributed by atoms with Crippen molar-refractivity contribution in [2.24, 2.45) is 5.73 Å². The van der Waals surface area contributed by atoms with Gasteiger partial charge in [-0.1, -0.05) is 20.8 Å². The molecule has 19 heavy (non-hydrogen) atoms. The fourth-order valence-electron chi connectivity index (χ4n) is 1.69. The second-order valence-electron chi connectivity index (χ2n) is 5.92. The van der Waals surface area contributed by atoms with Gasteiger partial charge in [0.05, 0.1) is 0 Å². The molecule has 0 saturated heterocycles. The predicted molar refractivity (Wildman–Crippen MR) is 83.7 cm³/mol. The summed E-state index contributed by atoms with van der Waals surface area (Å²) in [6.07, 6.45) is 0.345. The van der Waals surface area contributed by atoms with Crippen molar-refractivity contribution >= 4 is 23.4 Å². The second kappa shape index (κ2) is 6.44. The van der Waals surface area contributed by atoms with Crippen LogP contribution in [0.3, 0.4) is 0 Å². The molecule has 0 aromatic heterocycles. The minimum Gasteiger partial charge on any atom is -0.327 e. The van der Waals surface area contributed by atoms with Crippen LogP contribution in [0.2, 0.25) is 0 Å². The molecule has 4 heteroatoms. The molecule has 1 unspecified atom stereocenters. The third kappa shape index (κ3) is 6.12. The van der Waals surface area contributed by atoms with Gasteiger partial charge in [0.1, 0.15) is 0 Å². The predicted octanol–water partition coefficient (Wildman–Crippen LogP) is 3.56. The third-order valence-corrected chi connectivity index (χ3v) is 3.51. The number of rotatable bonds is 4. The number of anilines is 1. The number of nitrogens with one attached hydrogen (secondary N) is 1. The van der Waals surface area contributed by atoms with Crippen LogP contribution in [0.25, 0.3) is 0 Å². The zero-order chi connectivity index (χ0) is 14.6. The van der Waals surface area contributed by atoms with Crippen LogP contribution in [-0.2, 0) is 4.79 Å². The van der Waals surface area contributed by atoms with E-state index in [1.54, 1.807) is 0 Å². The molecule has 1 aromatic rings. The molecular weight excluding hydrogens is 256 g/mol. The number of hydrogen-bond acceptors (Lipinski definition) is 3. The molecule has 3 N–H and O–H groups in total. The Hall–Kier alpha value is -1.00. The molecule has 3 nitrogen and oxygen atoms in total. The van der Waals surface area contributed by atoms with Crippen molar-refractivity contribution in [1.82, 2.24) is 0 Å². The summed E-state index contributed by atoms with van der Waals surface area (Å²) in [5.74, 6) is -0.0330. The maximum Gasteiger partial charge on any atom is 0.225 e. The van der Waals surface area contributed by atoms with Gasteiger partial charge in [-0.3, -0.25) is 4.79 Å². The van der Waals surface area contributed by atoms with E-state index in [1.807, 2.05) is 37.7 Å². The normalized spacial score (nSPS) is 13.2. The van der Waals surface area contributed by atoms with Gasteiger partial charge in [-0.25, -0.2) is 0 Å². The summed E-state index contributed by atoms with van der Waals surface area (Å²) in [6, 6.07) is 6.00. The minimum atomic E-state index is -0.115. The highest BCUT2D eigenvalue weighted by molar-refractivity contribution is 8.00. The number of carbonyl (C=O) groups is 1. The summed E-state index contributed by atoms with van der Waals surface area (Å²) in [4.78, 5) is 12.9. The van der Waals surface area contributed by atoms with E-state index in [1.165, 1.54) is 4.90 Å². The summed E-state index contributed by atoms with van der Waals surface area (Å²) in [7, 11) is 0. The number of amides is 1. The van der Waals surface area contributed by atoms with Gasteiger partial charge in [0.25, 0.3) is 0 Å². The largest absolute Gasteiger partial charge is 0.327 e. The van der Waals surface area contributed by atoms with Crippen LogP contribution in [0.4, 0.5) is 5.69 Å². The van der Waals surface area contributed by atoms with Gasteiger partial charge in [0.2, 0.25) is 5.91 Å². The molecule has 0 aliphatic rings. The molecule has 0 bridgehead atoms. The SMILES string of the molecule is Cc1cc(SC(C)(C)C)ccc1NC(=O)CC(C)N. The number of carbonyl (C=O) groups excluding carboxylic acids is 1.